The molecule has 0 radical (unpaired) electrons. The Morgan fingerprint density at radius 2 is 2.12 bits per heavy atom. The monoisotopic (exact) mass is 275 g/mol. The molecule has 7 heteroatoms. The molecule has 1 heterocycles. The topological polar surface area (TPSA) is 63.3 Å². The Morgan fingerprint density at radius 3 is 2.65 bits per heavy atom. The van der Waals surface area contributed by atoms with Gasteiger partial charge in [0.05, 0.1) is 5.02 Å². The van der Waals surface area contributed by atoms with Gasteiger partial charge in [-0.25, -0.2) is 9.18 Å². The van der Waals surface area contributed by atoms with Crippen LogP contribution in [0.15, 0.2) is 22.7 Å². The number of aromatic nitrogens is 1. The van der Waals surface area contributed by atoms with Crippen LogP contribution in [0.5, 0.6) is 0 Å². The van der Waals surface area contributed by atoms with Crippen molar-refractivity contribution in [3.05, 3.63) is 39.8 Å². The smallest absolute Gasteiger partial charge is 0.376 e. The molecule has 0 bridgehead atoms. The Labute approximate surface area is 105 Å². The quantitative estimate of drug-likeness (QED) is 0.911. The van der Waals surface area contributed by atoms with E-state index < -0.39 is 17.5 Å². The van der Waals surface area contributed by atoms with Crippen LogP contribution < -0.4 is 0 Å². The van der Waals surface area contributed by atoms with Crippen molar-refractivity contribution in [3.8, 4) is 11.3 Å². The van der Waals surface area contributed by atoms with Gasteiger partial charge in [0.2, 0.25) is 0 Å². The molecule has 1 aromatic heterocycles. The summed E-state index contributed by atoms with van der Waals surface area (Å²) < 4.78 is 17.8. The molecule has 1 aromatic carbocycles. The van der Waals surface area contributed by atoms with E-state index in [1.54, 1.807) is 0 Å². The molecule has 4 nitrogen and oxygen atoms in total. The van der Waals surface area contributed by atoms with Crippen molar-refractivity contribution in [2.45, 2.75) is 0 Å². The Morgan fingerprint density at radius 1 is 1.41 bits per heavy atom. The summed E-state index contributed by atoms with van der Waals surface area (Å²) in [6, 6.07) is 3.87. The summed E-state index contributed by atoms with van der Waals surface area (Å²) in [5.41, 5.74) is 0.341. The van der Waals surface area contributed by atoms with Gasteiger partial charge >= 0.3 is 5.97 Å². The van der Waals surface area contributed by atoms with Gasteiger partial charge in [-0.05, 0) is 12.1 Å². The Bertz CT molecular complexity index is 597. The fraction of sp³-hybridized carbons (Fsp3) is 0. The molecule has 0 aliphatic carbocycles. The minimum Gasteiger partial charge on any atom is -0.475 e. The molecule has 0 spiro atoms. The molecule has 17 heavy (non-hydrogen) atoms. The lowest BCUT2D eigenvalue weighted by atomic mass is 10.1. The van der Waals surface area contributed by atoms with Gasteiger partial charge in [0.1, 0.15) is 16.5 Å². The largest absolute Gasteiger partial charge is 0.475 e. The minimum atomic E-state index is -1.34. The number of halogens is 3. The summed E-state index contributed by atoms with van der Waals surface area (Å²) in [6.45, 7) is 0. The van der Waals surface area contributed by atoms with Crippen molar-refractivity contribution in [2.24, 2.45) is 0 Å². The highest BCUT2D eigenvalue weighted by atomic mass is 35.5. The third-order valence-corrected chi connectivity index (χ3v) is 2.68. The number of carbonyl (C=O) groups is 1. The number of rotatable bonds is 2. The van der Waals surface area contributed by atoms with Gasteiger partial charge in [-0.2, -0.15) is 0 Å². The number of nitrogens with zero attached hydrogens (tertiary/aromatic N) is 1. The van der Waals surface area contributed by atoms with Crippen LogP contribution in [0.2, 0.25) is 10.0 Å². The van der Waals surface area contributed by atoms with Crippen LogP contribution in [0.4, 0.5) is 4.39 Å². The molecule has 1 N–H and O–H groups in total. The molecule has 2 rings (SSSR count). The predicted octanol–water partition coefficient (Wildman–Crippen LogP) is 3.49. The first-order chi connectivity index (χ1) is 8.00. The van der Waals surface area contributed by atoms with Gasteiger partial charge in [-0.3, -0.25) is 0 Å². The highest BCUT2D eigenvalue weighted by molar-refractivity contribution is 6.35. The molecule has 0 aliphatic heterocycles. The summed E-state index contributed by atoms with van der Waals surface area (Å²) in [7, 11) is 0. The number of carboxylic acids is 1. The SMILES string of the molecule is O=C(O)c1onc(-c2ccc(Cl)c(F)c2)c1Cl. The van der Waals surface area contributed by atoms with E-state index in [2.05, 4.69) is 9.68 Å². The van der Waals surface area contributed by atoms with Gasteiger partial charge in [0, 0.05) is 5.56 Å². The lowest BCUT2D eigenvalue weighted by Gasteiger charge is -1.98. The molecule has 88 valence electrons. The van der Waals surface area contributed by atoms with Gasteiger partial charge in [-0.15, -0.1) is 0 Å². The normalized spacial score (nSPS) is 10.5. The first kappa shape index (κ1) is 11.9. The van der Waals surface area contributed by atoms with E-state index in [0.717, 1.165) is 6.07 Å². The maximum atomic E-state index is 13.2. The van der Waals surface area contributed by atoms with Gasteiger partial charge in [0.25, 0.3) is 5.76 Å². The number of hydrogen-bond acceptors (Lipinski definition) is 3. The van der Waals surface area contributed by atoms with Crippen molar-refractivity contribution in [1.29, 1.82) is 0 Å². The number of hydrogen-bond donors (Lipinski definition) is 1. The molecule has 0 atom stereocenters. The van der Waals surface area contributed by atoms with Crippen LogP contribution in [0.1, 0.15) is 10.6 Å². The van der Waals surface area contributed by atoms with E-state index in [1.165, 1.54) is 12.1 Å². The summed E-state index contributed by atoms with van der Waals surface area (Å²) in [4.78, 5) is 10.7. The maximum Gasteiger partial charge on any atom is 0.376 e. The van der Waals surface area contributed by atoms with Crippen LogP contribution in [-0.4, -0.2) is 16.2 Å². The molecule has 0 saturated carbocycles. The van der Waals surface area contributed by atoms with Crippen LogP contribution >= 0.6 is 23.2 Å². The van der Waals surface area contributed by atoms with Crippen molar-refractivity contribution < 1.29 is 18.8 Å². The minimum absolute atomic E-state index is 0.0492. The first-order valence-corrected chi connectivity index (χ1v) is 5.10. The maximum absolute atomic E-state index is 13.2. The first-order valence-electron chi connectivity index (χ1n) is 4.34. The third-order valence-electron chi connectivity index (χ3n) is 2.02. The van der Waals surface area contributed by atoms with E-state index >= 15 is 0 Å². The molecule has 0 saturated heterocycles. The van der Waals surface area contributed by atoms with E-state index in [9.17, 15) is 9.18 Å². The summed E-state index contributed by atoms with van der Waals surface area (Å²) in [6.07, 6.45) is 0. The lowest BCUT2D eigenvalue weighted by Crippen LogP contribution is -1.93. The summed E-state index contributed by atoms with van der Waals surface area (Å²) >= 11 is 11.3. The van der Waals surface area contributed by atoms with Gasteiger partial charge < -0.3 is 9.63 Å². The van der Waals surface area contributed by atoms with Crippen LogP contribution in [0.25, 0.3) is 11.3 Å². The predicted molar refractivity (Wildman–Crippen MR) is 58.9 cm³/mol. The van der Waals surface area contributed by atoms with E-state index in [-0.39, 0.29) is 21.3 Å². The average Bonchev–Trinajstić information content (AvgIpc) is 2.64. The Hall–Kier alpha value is -1.59. The number of carboxylic acid groups (broad SMARTS) is 1. The van der Waals surface area contributed by atoms with E-state index in [4.69, 9.17) is 28.3 Å². The number of aromatic carboxylic acids is 1. The van der Waals surface area contributed by atoms with Crippen molar-refractivity contribution in [3.63, 3.8) is 0 Å². The molecule has 0 unspecified atom stereocenters. The lowest BCUT2D eigenvalue weighted by molar-refractivity contribution is 0.0652. The fourth-order valence-electron chi connectivity index (χ4n) is 1.23. The zero-order chi connectivity index (χ0) is 12.6. The van der Waals surface area contributed by atoms with E-state index in [1.807, 2.05) is 0 Å². The molecule has 0 aliphatic rings. The Balaban J connectivity index is 2.53. The second kappa shape index (κ2) is 4.35. The van der Waals surface area contributed by atoms with Crippen LogP contribution in [0, 0.1) is 5.82 Å². The van der Waals surface area contributed by atoms with Crippen LogP contribution in [-0.2, 0) is 0 Å². The molecule has 0 amide bonds. The van der Waals surface area contributed by atoms with Gasteiger partial charge in [-0.1, -0.05) is 34.4 Å². The zero-order valence-corrected chi connectivity index (χ0v) is 9.59. The Kier molecular flexibility index (Phi) is 3.04. The summed E-state index contributed by atoms with van der Waals surface area (Å²) in [5, 5.41) is 12.0. The zero-order valence-electron chi connectivity index (χ0n) is 8.08. The molecular weight excluding hydrogens is 272 g/mol. The fourth-order valence-corrected chi connectivity index (χ4v) is 1.61. The van der Waals surface area contributed by atoms with Crippen molar-refractivity contribution >= 4 is 29.2 Å². The van der Waals surface area contributed by atoms with Crippen molar-refractivity contribution in [1.82, 2.24) is 5.16 Å². The number of benzene rings is 1. The molecular formula is C10H4Cl2FNO3. The molecule has 2 aromatic rings. The second-order valence-electron chi connectivity index (χ2n) is 3.11. The molecule has 0 fully saturated rings. The van der Waals surface area contributed by atoms with E-state index in [0.29, 0.717) is 0 Å². The highest BCUT2D eigenvalue weighted by Gasteiger charge is 2.21. The summed E-state index contributed by atoms with van der Waals surface area (Å²) in [5.74, 6) is -2.49. The standard InChI is InChI=1S/C10H4Cl2FNO3/c11-5-2-1-4(3-6(5)13)8-7(12)9(10(15)16)17-14-8/h1-3H,(H,15,16). The second-order valence-corrected chi connectivity index (χ2v) is 3.89. The van der Waals surface area contributed by atoms with Crippen LogP contribution in [0.3, 0.4) is 0 Å². The average molecular weight is 276 g/mol. The van der Waals surface area contributed by atoms with Gasteiger partial charge in [0.15, 0.2) is 0 Å². The third kappa shape index (κ3) is 2.11. The highest BCUT2D eigenvalue weighted by Crippen LogP contribution is 2.31. The van der Waals surface area contributed by atoms with Crippen molar-refractivity contribution in [2.75, 3.05) is 0 Å².